The Hall–Kier alpha value is -1.40. The molecular weight excluding hydrogens is 235 g/mol. The van der Waals surface area contributed by atoms with Crippen LogP contribution < -0.4 is 5.32 Å². The zero-order valence-corrected chi connectivity index (χ0v) is 9.33. The summed E-state index contributed by atoms with van der Waals surface area (Å²) in [6.07, 6.45) is 1.50. The van der Waals surface area contributed by atoms with E-state index >= 15 is 0 Å². The fourth-order valence-corrected chi connectivity index (χ4v) is 1.46. The SMILES string of the molecule is COCCNc1cn2nc(Cl)nc2cc1F. The van der Waals surface area contributed by atoms with Crippen molar-refractivity contribution in [3.05, 3.63) is 23.4 Å². The summed E-state index contributed by atoms with van der Waals surface area (Å²) < 4.78 is 19.8. The lowest BCUT2D eigenvalue weighted by Gasteiger charge is -2.06. The number of anilines is 1. The molecule has 0 saturated carbocycles. The monoisotopic (exact) mass is 244 g/mol. The van der Waals surface area contributed by atoms with Crippen LogP contribution in [0.1, 0.15) is 0 Å². The zero-order chi connectivity index (χ0) is 11.5. The van der Waals surface area contributed by atoms with Crippen molar-refractivity contribution in [3.63, 3.8) is 0 Å². The first-order valence-electron chi connectivity index (χ1n) is 4.65. The molecule has 0 bridgehead atoms. The first-order valence-corrected chi connectivity index (χ1v) is 5.03. The minimum atomic E-state index is -0.396. The maximum Gasteiger partial charge on any atom is 0.243 e. The van der Waals surface area contributed by atoms with Crippen molar-refractivity contribution in [2.75, 3.05) is 25.6 Å². The molecule has 7 heteroatoms. The molecule has 5 nitrogen and oxygen atoms in total. The Morgan fingerprint density at radius 1 is 1.62 bits per heavy atom. The van der Waals surface area contributed by atoms with Crippen molar-refractivity contribution in [1.82, 2.24) is 14.6 Å². The first kappa shape index (κ1) is 11.1. The maximum absolute atomic E-state index is 13.5. The van der Waals surface area contributed by atoms with E-state index in [1.54, 1.807) is 7.11 Å². The summed E-state index contributed by atoms with van der Waals surface area (Å²) in [5.74, 6) is -0.396. The molecule has 0 aliphatic heterocycles. The molecule has 0 radical (unpaired) electrons. The Morgan fingerprint density at radius 2 is 2.44 bits per heavy atom. The minimum absolute atomic E-state index is 0.0911. The minimum Gasteiger partial charge on any atom is -0.383 e. The Balaban J connectivity index is 2.27. The van der Waals surface area contributed by atoms with Crippen molar-refractivity contribution >= 4 is 22.9 Å². The van der Waals surface area contributed by atoms with Crippen molar-refractivity contribution in [2.45, 2.75) is 0 Å². The molecule has 1 N–H and O–H groups in total. The van der Waals surface area contributed by atoms with Crippen LogP contribution in [0, 0.1) is 5.82 Å². The predicted molar refractivity (Wildman–Crippen MR) is 58.3 cm³/mol. The van der Waals surface area contributed by atoms with Gasteiger partial charge in [-0.05, 0) is 11.6 Å². The highest BCUT2D eigenvalue weighted by molar-refractivity contribution is 6.28. The van der Waals surface area contributed by atoms with Gasteiger partial charge in [-0.25, -0.2) is 8.91 Å². The van der Waals surface area contributed by atoms with Crippen LogP contribution in [0.4, 0.5) is 10.1 Å². The molecule has 0 aliphatic rings. The number of rotatable bonds is 4. The van der Waals surface area contributed by atoms with Crippen molar-refractivity contribution in [1.29, 1.82) is 0 Å². The van der Waals surface area contributed by atoms with Crippen LogP contribution >= 0.6 is 11.6 Å². The number of hydrogen-bond donors (Lipinski definition) is 1. The number of aromatic nitrogens is 3. The summed E-state index contributed by atoms with van der Waals surface area (Å²) in [6.45, 7) is 1.01. The molecule has 0 fully saturated rings. The molecule has 0 aliphatic carbocycles. The van der Waals surface area contributed by atoms with E-state index in [9.17, 15) is 4.39 Å². The van der Waals surface area contributed by atoms with E-state index in [-0.39, 0.29) is 5.28 Å². The standard InChI is InChI=1S/C9H10ClFN4O/c1-16-3-2-12-7-5-15-8(4-6(7)11)13-9(10)14-15/h4-5,12H,2-3H2,1H3. The third-order valence-corrected chi connectivity index (χ3v) is 2.18. The topological polar surface area (TPSA) is 51.5 Å². The molecule has 0 atom stereocenters. The van der Waals surface area contributed by atoms with E-state index in [0.717, 1.165) is 0 Å². The molecule has 86 valence electrons. The molecule has 0 spiro atoms. The lowest BCUT2D eigenvalue weighted by atomic mass is 10.4. The number of methoxy groups -OCH3 is 1. The van der Waals surface area contributed by atoms with Crippen LogP contribution in [0.25, 0.3) is 5.65 Å². The van der Waals surface area contributed by atoms with Gasteiger partial charge < -0.3 is 10.1 Å². The molecular formula is C9H10ClFN4O. The van der Waals surface area contributed by atoms with E-state index in [1.165, 1.54) is 16.8 Å². The fraction of sp³-hybridized carbons (Fsp3) is 0.333. The Morgan fingerprint density at radius 3 is 3.19 bits per heavy atom. The molecule has 0 saturated heterocycles. The number of nitrogens with one attached hydrogen (secondary N) is 1. The summed E-state index contributed by atoms with van der Waals surface area (Å²) in [5, 5.41) is 6.85. The highest BCUT2D eigenvalue weighted by Gasteiger charge is 2.07. The Labute approximate surface area is 96.2 Å². The number of halogens is 2. The van der Waals surface area contributed by atoms with Crippen LogP contribution in [0.2, 0.25) is 5.28 Å². The third-order valence-electron chi connectivity index (χ3n) is 2.02. The number of pyridine rings is 1. The van der Waals surface area contributed by atoms with Crippen LogP contribution in [-0.2, 0) is 4.74 Å². The molecule has 2 aromatic heterocycles. The van der Waals surface area contributed by atoms with Crippen LogP contribution in [-0.4, -0.2) is 34.9 Å². The van der Waals surface area contributed by atoms with Gasteiger partial charge in [0.2, 0.25) is 5.28 Å². The van der Waals surface area contributed by atoms with Crippen LogP contribution in [0.3, 0.4) is 0 Å². The molecule has 2 rings (SSSR count). The van der Waals surface area contributed by atoms with E-state index in [1.807, 2.05) is 0 Å². The number of fused-ring (bicyclic) bond motifs is 1. The van der Waals surface area contributed by atoms with Gasteiger partial charge in [0.25, 0.3) is 0 Å². The number of ether oxygens (including phenoxy) is 1. The number of nitrogens with zero attached hydrogens (tertiary/aromatic N) is 3. The van der Waals surface area contributed by atoms with Gasteiger partial charge in [0.05, 0.1) is 18.5 Å². The highest BCUT2D eigenvalue weighted by atomic mass is 35.5. The smallest absolute Gasteiger partial charge is 0.243 e. The quantitative estimate of drug-likeness (QED) is 0.830. The average Bonchev–Trinajstić information content (AvgIpc) is 2.58. The van der Waals surface area contributed by atoms with Gasteiger partial charge in [-0.15, -0.1) is 5.10 Å². The van der Waals surface area contributed by atoms with Gasteiger partial charge in [-0.1, -0.05) is 0 Å². The summed E-state index contributed by atoms with van der Waals surface area (Å²) in [5.41, 5.74) is 0.714. The fourth-order valence-electron chi connectivity index (χ4n) is 1.29. The Kier molecular flexibility index (Phi) is 3.21. The number of hydrogen-bond acceptors (Lipinski definition) is 4. The zero-order valence-electron chi connectivity index (χ0n) is 8.57. The molecule has 2 heterocycles. The summed E-state index contributed by atoms with van der Waals surface area (Å²) in [4.78, 5) is 3.84. The van der Waals surface area contributed by atoms with Gasteiger partial charge in [0, 0.05) is 19.7 Å². The van der Waals surface area contributed by atoms with Crippen LogP contribution in [0.5, 0.6) is 0 Å². The molecule has 0 aromatic carbocycles. The van der Waals surface area contributed by atoms with Gasteiger partial charge in [-0.2, -0.15) is 4.98 Å². The normalized spacial score (nSPS) is 10.9. The highest BCUT2D eigenvalue weighted by Crippen LogP contribution is 2.16. The molecule has 0 unspecified atom stereocenters. The average molecular weight is 245 g/mol. The van der Waals surface area contributed by atoms with Gasteiger partial charge >= 0.3 is 0 Å². The summed E-state index contributed by atoms with van der Waals surface area (Å²) >= 11 is 5.61. The van der Waals surface area contributed by atoms with Gasteiger partial charge in [-0.3, -0.25) is 0 Å². The molecule has 0 amide bonds. The van der Waals surface area contributed by atoms with Crippen molar-refractivity contribution in [3.8, 4) is 0 Å². The molecule has 2 aromatic rings. The largest absolute Gasteiger partial charge is 0.383 e. The van der Waals surface area contributed by atoms with E-state index in [4.69, 9.17) is 16.3 Å². The lowest BCUT2D eigenvalue weighted by molar-refractivity contribution is 0.210. The second-order valence-corrected chi connectivity index (χ2v) is 3.48. The predicted octanol–water partition coefficient (Wildman–Crippen LogP) is 1.58. The second-order valence-electron chi connectivity index (χ2n) is 3.14. The van der Waals surface area contributed by atoms with Crippen molar-refractivity contribution in [2.24, 2.45) is 0 Å². The second kappa shape index (κ2) is 4.63. The van der Waals surface area contributed by atoms with E-state index in [0.29, 0.717) is 24.5 Å². The van der Waals surface area contributed by atoms with E-state index < -0.39 is 5.82 Å². The van der Waals surface area contributed by atoms with E-state index in [2.05, 4.69) is 15.4 Å². The van der Waals surface area contributed by atoms with Gasteiger partial charge in [0.1, 0.15) is 0 Å². The lowest BCUT2D eigenvalue weighted by Crippen LogP contribution is -2.09. The molecule has 16 heavy (non-hydrogen) atoms. The van der Waals surface area contributed by atoms with Crippen molar-refractivity contribution < 1.29 is 9.13 Å². The van der Waals surface area contributed by atoms with Crippen LogP contribution in [0.15, 0.2) is 12.3 Å². The summed E-state index contributed by atoms with van der Waals surface area (Å²) in [6, 6.07) is 1.27. The first-order chi connectivity index (χ1) is 7.70. The van der Waals surface area contributed by atoms with Gasteiger partial charge in [0.15, 0.2) is 11.5 Å². The summed E-state index contributed by atoms with van der Waals surface area (Å²) in [7, 11) is 1.58. The maximum atomic E-state index is 13.5. The Bertz CT molecular complexity index is 501. The third kappa shape index (κ3) is 2.23.